The number of hydrogen-bond acceptors (Lipinski definition) is 3. The lowest BCUT2D eigenvalue weighted by Gasteiger charge is -2.11. The van der Waals surface area contributed by atoms with Crippen molar-refractivity contribution in [2.45, 2.75) is 9.79 Å². The monoisotopic (exact) mass is 320 g/mol. The predicted molar refractivity (Wildman–Crippen MR) is 96.3 cm³/mol. The molecule has 0 aliphatic heterocycles. The average molecular weight is 321 g/mol. The normalized spacial score (nSPS) is 10.1. The molecule has 104 valence electrons. The highest BCUT2D eigenvalue weighted by Gasteiger charge is 2.00. The summed E-state index contributed by atoms with van der Waals surface area (Å²) in [7, 11) is 0. The third kappa shape index (κ3) is 4.44. The van der Waals surface area contributed by atoms with Crippen molar-refractivity contribution in [2.24, 2.45) is 0 Å². The van der Waals surface area contributed by atoms with Gasteiger partial charge in [0.05, 0.1) is 0 Å². The Morgan fingerprint density at radius 1 is 0.850 bits per heavy atom. The minimum absolute atomic E-state index is 0.597. The smallest absolute Gasteiger partial charge is 0.175 e. The molecule has 0 saturated heterocycles. The van der Waals surface area contributed by atoms with Crippen LogP contribution in [0.1, 0.15) is 0 Å². The Morgan fingerprint density at radius 3 is 2.15 bits per heavy atom. The molecule has 0 atom stereocenters. The third-order valence-electron chi connectivity index (χ3n) is 2.68. The molecule has 0 amide bonds. The van der Waals surface area contributed by atoms with Crippen LogP contribution in [0.25, 0.3) is 0 Å². The van der Waals surface area contributed by atoms with E-state index in [4.69, 9.17) is 12.2 Å². The fourth-order valence-corrected chi connectivity index (χ4v) is 2.77. The zero-order valence-corrected chi connectivity index (χ0v) is 13.8. The fourth-order valence-electron chi connectivity index (χ4n) is 1.67. The second-order valence-electron chi connectivity index (χ2n) is 4.04. The van der Waals surface area contributed by atoms with Gasteiger partial charge in [0, 0.05) is 21.2 Å². The summed E-state index contributed by atoms with van der Waals surface area (Å²) in [5, 5.41) is 6.98. The van der Waals surface area contributed by atoms with Gasteiger partial charge in [-0.1, -0.05) is 6.07 Å². The molecule has 2 aromatic carbocycles. The van der Waals surface area contributed by atoms with Crippen molar-refractivity contribution in [3.63, 3.8) is 0 Å². The number of anilines is 2. The van der Waals surface area contributed by atoms with Crippen molar-refractivity contribution in [1.82, 2.24) is 0 Å². The van der Waals surface area contributed by atoms with Gasteiger partial charge in [0.15, 0.2) is 5.11 Å². The quantitative estimate of drug-likeness (QED) is 0.614. The Kier molecular flexibility index (Phi) is 5.76. The molecule has 2 rings (SSSR count). The maximum atomic E-state index is 5.32. The van der Waals surface area contributed by atoms with Crippen LogP contribution in [0.15, 0.2) is 58.3 Å². The van der Waals surface area contributed by atoms with Gasteiger partial charge < -0.3 is 10.6 Å². The van der Waals surface area contributed by atoms with E-state index in [9.17, 15) is 0 Å². The van der Waals surface area contributed by atoms with Crippen LogP contribution in [0.5, 0.6) is 0 Å². The van der Waals surface area contributed by atoms with Crippen molar-refractivity contribution in [3.05, 3.63) is 48.5 Å². The molecular formula is C15H16N2S3. The molecule has 0 aliphatic rings. The minimum atomic E-state index is 0.597. The molecule has 0 spiro atoms. The van der Waals surface area contributed by atoms with E-state index in [0.717, 1.165) is 11.4 Å². The minimum Gasteiger partial charge on any atom is -0.332 e. The summed E-state index contributed by atoms with van der Waals surface area (Å²) in [6.07, 6.45) is 4.12. The summed E-state index contributed by atoms with van der Waals surface area (Å²) >= 11 is 8.76. The molecule has 0 aromatic heterocycles. The van der Waals surface area contributed by atoms with Crippen LogP contribution in [0, 0.1) is 0 Å². The number of benzene rings is 2. The highest BCUT2D eigenvalue weighted by Crippen LogP contribution is 2.20. The first kappa shape index (κ1) is 15.2. The van der Waals surface area contributed by atoms with Crippen molar-refractivity contribution in [3.8, 4) is 0 Å². The van der Waals surface area contributed by atoms with Crippen LogP contribution >= 0.6 is 35.7 Å². The highest BCUT2D eigenvalue weighted by molar-refractivity contribution is 7.98. The first-order chi connectivity index (χ1) is 9.71. The molecule has 2 aromatic rings. The zero-order chi connectivity index (χ0) is 14.4. The fraction of sp³-hybridized carbons (Fsp3) is 0.133. The second kappa shape index (κ2) is 7.57. The van der Waals surface area contributed by atoms with Crippen LogP contribution in [-0.2, 0) is 0 Å². The molecule has 5 heteroatoms. The number of nitrogens with one attached hydrogen (secondary N) is 2. The van der Waals surface area contributed by atoms with E-state index < -0.39 is 0 Å². The number of hydrogen-bond donors (Lipinski definition) is 2. The van der Waals surface area contributed by atoms with E-state index >= 15 is 0 Å². The summed E-state index contributed by atoms with van der Waals surface area (Å²) in [6, 6.07) is 16.4. The SMILES string of the molecule is CSc1ccc(NC(=S)Nc2cccc(SC)c2)cc1. The van der Waals surface area contributed by atoms with E-state index in [-0.39, 0.29) is 0 Å². The number of thiocarbonyl (C=S) groups is 1. The van der Waals surface area contributed by atoms with Gasteiger partial charge in [-0.05, 0) is 67.2 Å². The van der Waals surface area contributed by atoms with Crippen LogP contribution in [-0.4, -0.2) is 17.6 Å². The third-order valence-corrected chi connectivity index (χ3v) is 4.35. The molecule has 0 bridgehead atoms. The summed E-state index contributed by atoms with van der Waals surface area (Å²) < 4.78 is 0. The standard InChI is InChI=1S/C15H16N2S3/c1-19-13-8-6-11(7-9-13)16-15(18)17-12-4-3-5-14(10-12)20-2/h3-10H,1-2H3,(H2,16,17,18). The molecule has 0 saturated carbocycles. The van der Waals surface area contributed by atoms with Gasteiger partial charge in [0.1, 0.15) is 0 Å². The van der Waals surface area contributed by atoms with E-state index in [1.807, 2.05) is 24.3 Å². The Bertz CT molecular complexity index is 582. The Balaban J connectivity index is 1.97. The maximum Gasteiger partial charge on any atom is 0.175 e. The van der Waals surface area contributed by atoms with Gasteiger partial charge in [-0.2, -0.15) is 0 Å². The van der Waals surface area contributed by atoms with E-state index in [0.29, 0.717) is 5.11 Å². The molecule has 0 fully saturated rings. The topological polar surface area (TPSA) is 24.1 Å². The highest BCUT2D eigenvalue weighted by atomic mass is 32.2. The molecular weight excluding hydrogens is 304 g/mol. The van der Waals surface area contributed by atoms with E-state index in [1.54, 1.807) is 23.5 Å². The first-order valence-corrected chi connectivity index (χ1v) is 8.93. The van der Waals surface area contributed by atoms with Gasteiger partial charge >= 0.3 is 0 Å². The largest absolute Gasteiger partial charge is 0.332 e. The van der Waals surface area contributed by atoms with Gasteiger partial charge in [-0.3, -0.25) is 0 Å². The summed E-state index contributed by atoms with van der Waals surface area (Å²) in [6.45, 7) is 0. The molecule has 2 nitrogen and oxygen atoms in total. The van der Waals surface area contributed by atoms with E-state index in [1.165, 1.54) is 9.79 Å². The number of rotatable bonds is 4. The van der Waals surface area contributed by atoms with E-state index in [2.05, 4.69) is 47.4 Å². The Morgan fingerprint density at radius 2 is 1.50 bits per heavy atom. The van der Waals surface area contributed by atoms with Crippen LogP contribution < -0.4 is 10.6 Å². The van der Waals surface area contributed by atoms with Gasteiger partial charge in [0.2, 0.25) is 0 Å². The molecule has 0 radical (unpaired) electrons. The molecule has 0 aliphatic carbocycles. The van der Waals surface area contributed by atoms with Crippen LogP contribution in [0.2, 0.25) is 0 Å². The van der Waals surface area contributed by atoms with Crippen LogP contribution in [0.4, 0.5) is 11.4 Å². The molecule has 2 N–H and O–H groups in total. The predicted octanol–water partition coefficient (Wildman–Crippen LogP) is 4.94. The molecule has 0 heterocycles. The summed E-state index contributed by atoms with van der Waals surface area (Å²) in [5.74, 6) is 0. The molecule has 20 heavy (non-hydrogen) atoms. The lowest BCUT2D eigenvalue weighted by atomic mass is 10.3. The van der Waals surface area contributed by atoms with Gasteiger partial charge in [-0.25, -0.2) is 0 Å². The lowest BCUT2D eigenvalue weighted by Crippen LogP contribution is -2.18. The van der Waals surface area contributed by atoms with Crippen molar-refractivity contribution in [1.29, 1.82) is 0 Å². The first-order valence-electron chi connectivity index (χ1n) is 6.07. The summed E-state index contributed by atoms with van der Waals surface area (Å²) in [5.41, 5.74) is 1.98. The van der Waals surface area contributed by atoms with Crippen molar-refractivity contribution < 1.29 is 0 Å². The van der Waals surface area contributed by atoms with Gasteiger partial charge in [-0.15, -0.1) is 23.5 Å². The van der Waals surface area contributed by atoms with Crippen molar-refractivity contribution >= 4 is 52.2 Å². The Hall–Kier alpha value is -1.17. The van der Waals surface area contributed by atoms with Gasteiger partial charge in [0.25, 0.3) is 0 Å². The second-order valence-corrected chi connectivity index (χ2v) is 6.21. The van der Waals surface area contributed by atoms with Crippen LogP contribution in [0.3, 0.4) is 0 Å². The zero-order valence-electron chi connectivity index (χ0n) is 11.3. The summed E-state index contributed by atoms with van der Waals surface area (Å²) in [4.78, 5) is 2.45. The number of thioether (sulfide) groups is 2. The average Bonchev–Trinajstić information content (AvgIpc) is 2.48. The molecule has 0 unspecified atom stereocenters. The maximum absolute atomic E-state index is 5.32. The lowest BCUT2D eigenvalue weighted by molar-refractivity contribution is 1.44. The van der Waals surface area contributed by atoms with Crippen molar-refractivity contribution in [2.75, 3.05) is 23.1 Å². The Labute approximate surface area is 133 Å².